The molecule has 0 bridgehead atoms. The van der Waals surface area contributed by atoms with Crippen molar-refractivity contribution >= 4 is 5.69 Å². The van der Waals surface area contributed by atoms with Crippen molar-refractivity contribution in [2.24, 2.45) is 32.3 Å². The van der Waals surface area contributed by atoms with E-state index in [1.807, 2.05) is 72.8 Å². The summed E-state index contributed by atoms with van der Waals surface area (Å²) in [6.07, 6.45) is 0.625. The maximum atomic E-state index is 6.57. The first-order valence-electron chi connectivity index (χ1n) is 12.2. The van der Waals surface area contributed by atoms with Gasteiger partial charge in [-0.2, -0.15) is 0 Å². The van der Waals surface area contributed by atoms with Gasteiger partial charge < -0.3 is 11.5 Å². The second-order valence-electron chi connectivity index (χ2n) is 9.28. The van der Waals surface area contributed by atoms with E-state index >= 15 is 0 Å². The van der Waals surface area contributed by atoms with Crippen molar-refractivity contribution in [3.05, 3.63) is 137 Å². The quantitative estimate of drug-likeness (QED) is 0.233. The number of rotatable bonds is 8. The molecule has 4 N–H and O–H groups in total. The summed E-state index contributed by atoms with van der Waals surface area (Å²) in [5.74, 6) is -0.228. The molecule has 1 unspecified atom stereocenters. The number of nitrogens with zero attached hydrogens (tertiary/aromatic N) is 4. The van der Waals surface area contributed by atoms with Crippen LogP contribution in [-0.4, -0.2) is 12.2 Å². The molecule has 5 rings (SSSR count). The minimum atomic E-state index is -1.12. The van der Waals surface area contributed by atoms with Crippen molar-refractivity contribution in [3.8, 4) is 0 Å². The van der Waals surface area contributed by atoms with Crippen LogP contribution in [0.5, 0.6) is 0 Å². The first-order valence-corrected chi connectivity index (χ1v) is 12.2. The fourth-order valence-corrected chi connectivity index (χ4v) is 5.58. The summed E-state index contributed by atoms with van der Waals surface area (Å²) in [4.78, 5) is 0. The van der Waals surface area contributed by atoms with Crippen LogP contribution < -0.4 is 11.5 Å². The van der Waals surface area contributed by atoms with E-state index in [0.717, 1.165) is 33.5 Å². The summed E-state index contributed by atoms with van der Waals surface area (Å²) >= 11 is 0. The highest BCUT2D eigenvalue weighted by Crippen LogP contribution is 2.55. The van der Waals surface area contributed by atoms with Crippen LogP contribution in [0.25, 0.3) is 0 Å². The van der Waals surface area contributed by atoms with Gasteiger partial charge in [-0.15, -0.1) is 10.2 Å². The number of nitrogens with two attached hydrogens (primary N) is 2. The third kappa shape index (κ3) is 3.80. The molecule has 1 heterocycles. The van der Waals surface area contributed by atoms with Crippen LogP contribution >= 0.6 is 0 Å². The van der Waals surface area contributed by atoms with Crippen molar-refractivity contribution in [3.63, 3.8) is 0 Å². The molecule has 0 spiro atoms. The summed E-state index contributed by atoms with van der Waals surface area (Å²) in [6, 6.07) is 37.1. The first kappa shape index (κ1) is 23.6. The Bertz CT molecular complexity index is 1260. The first-order chi connectivity index (χ1) is 17.6. The Balaban J connectivity index is 1.84. The van der Waals surface area contributed by atoms with Crippen LogP contribution in [0.3, 0.4) is 0 Å². The highest BCUT2D eigenvalue weighted by atomic mass is 15.6. The van der Waals surface area contributed by atoms with Crippen molar-refractivity contribution in [2.75, 3.05) is 12.3 Å². The van der Waals surface area contributed by atoms with Crippen LogP contribution in [0.15, 0.2) is 130 Å². The van der Waals surface area contributed by atoms with Crippen LogP contribution in [0.2, 0.25) is 0 Å². The van der Waals surface area contributed by atoms with Crippen LogP contribution in [0, 0.1) is 12.8 Å². The maximum Gasteiger partial charge on any atom is 0.217 e. The van der Waals surface area contributed by atoms with E-state index in [1.54, 1.807) is 0 Å². The molecular formula is C30H30N6. The van der Waals surface area contributed by atoms with Gasteiger partial charge in [0.05, 0.1) is 5.41 Å². The molecular weight excluding hydrogens is 444 g/mol. The minimum absolute atomic E-state index is 0.228. The van der Waals surface area contributed by atoms with Crippen molar-refractivity contribution in [1.82, 2.24) is 0 Å². The molecule has 0 fully saturated rings. The molecule has 1 atom stereocenters. The molecule has 1 aliphatic rings. The normalized spacial score (nSPS) is 15.2. The van der Waals surface area contributed by atoms with Gasteiger partial charge in [0.15, 0.2) is 0 Å². The van der Waals surface area contributed by atoms with E-state index in [1.165, 1.54) is 0 Å². The summed E-state index contributed by atoms with van der Waals surface area (Å²) in [5.41, 5.74) is 16.9. The molecule has 4 aromatic rings. The Morgan fingerprint density at radius 2 is 1.19 bits per heavy atom. The summed E-state index contributed by atoms with van der Waals surface area (Å²) in [7, 11) is 0. The molecule has 0 saturated carbocycles. The number of nitrogen functional groups attached to an aromatic ring is 1. The molecule has 0 radical (unpaired) electrons. The Labute approximate surface area is 211 Å². The van der Waals surface area contributed by atoms with E-state index in [2.05, 4.69) is 53.8 Å². The maximum absolute atomic E-state index is 6.57. The molecule has 0 aromatic heterocycles. The summed E-state index contributed by atoms with van der Waals surface area (Å²) < 4.78 is 0. The fourth-order valence-electron chi connectivity index (χ4n) is 5.58. The van der Waals surface area contributed by atoms with Gasteiger partial charge in [-0.05, 0) is 70.3 Å². The number of hydrogen-bond donors (Lipinski definition) is 2. The largest absolute Gasteiger partial charge is 0.399 e. The van der Waals surface area contributed by atoms with Gasteiger partial charge in [-0.1, -0.05) is 97.1 Å². The molecule has 0 aliphatic carbocycles. The van der Waals surface area contributed by atoms with Gasteiger partial charge in [0.1, 0.15) is 0 Å². The molecule has 0 amide bonds. The van der Waals surface area contributed by atoms with Crippen LogP contribution in [-0.2, 0) is 11.8 Å². The summed E-state index contributed by atoms with van der Waals surface area (Å²) in [6.45, 7) is 2.42. The van der Waals surface area contributed by atoms with Gasteiger partial charge >= 0.3 is 0 Å². The molecule has 180 valence electrons. The lowest BCUT2D eigenvalue weighted by molar-refractivity contribution is 0.201. The lowest BCUT2D eigenvalue weighted by Gasteiger charge is -2.48. The van der Waals surface area contributed by atoms with E-state index in [0.29, 0.717) is 13.0 Å². The topological polar surface area (TPSA) is 101 Å². The average Bonchev–Trinajstić information content (AvgIpc) is 3.42. The molecule has 6 heteroatoms. The molecule has 6 nitrogen and oxygen atoms in total. The highest BCUT2D eigenvalue weighted by Gasteiger charge is 2.61. The number of benzene rings is 4. The van der Waals surface area contributed by atoms with E-state index < -0.39 is 11.1 Å². The number of anilines is 1. The molecule has 4 aromatic carbocycles. The van der Waals surface area contributed by atoms with E-state index in [4.69, 9.17) is 21.7 Å². The van der Waals surface area contributed by atoms with Gasteiger partial charge in [0.25, 0.3) is 0 Å². The Kier molecular flexibility index (Phi) is 6.44. The smallest absolute Gasteiger partial charge is 0.217 e. The van der Waals surface area contributed by atoms with Gasteiger partial charge in [-0.25, -0.2) is 0 Å². The second-order valence-corrected chi connectivity index (χ2v) is 9.28. The van der Waals surface area contributed by atoms with Crippen LogP contribution in [0.4, 0.5) is 5.69 Å². The predicted octanol–water partition coefficient (Wildman–Crippen LogP) is 6.26. The Hall–Kier alpha value is -4.16. The number of aryl methyl sites for hydroxylation is 1. The SMILES string of the molecule is Cc1ccc(N)cc1CC(CN)C1(C(c2ccccc2)(c2ccccc2)c2ccccc2)N=NN=N1. The highest BCUT2D eigenvalue weighted by molar-refractivity contribution is 5.56. The standard InChI is InChI=1S/C30H30N6/c1-22-17-18-28(32)20-23(22)19-27(21-31)30(33-35-36-34-30)29(24-11-5-2-6-12-24,25-13-7-3-8-14-25)26-15-9-4-10-16-26/h2-18,20,27H,19,21,31-32H2,1H3. The molecule has 36 heavy (non-hydrogen) atoms. The average molecular weight is 475 g/mol. The zero-order chi connectivity index (χ0) is 25.0. The zero-order valence-electron chi connectivity index (χ0n) is 20.3. The van der Waals surface area contributed by atoms with Gasteiger partial charge in [0.2, 0.25) is 5.66 Å². The Morgan fingerprint density at radius 1 is 0.722 bits per heavy atom. The van der Waals surface area contributed by atoms with Gasteiger partial charge in [0, 0.05) is 11.6 Å². The predicted molar refractivity (Wildman–Crippen MR) is 143 cm³/mol. The third-order valence-electron chi connectivity index (χ3n) is 7.30. The number of hydrogen-bond acceptors (Lipinski definition) is 6. The van der Waals surface area contributed by atoms with Crippen LogP contribution in [0.1, 0.15) is 27.8 Å². The second kappa shape index (κ2) is 9.84. The van der Waals surface area contributed by atoms with E-state index in [-0.39, 0.29) is 5.92 Å². The van der Waals surface area contributed by atoms with Crippen molar-refractivity contribution in [1.29, 1.82) is 0 Å². The monoisotopic (exact) mass is 474 g/mol. The van der Waals surface area contributed by atoms with Gasteiger partial charge in [-0.3, -0.25) is 0 Å². The zero-order valence-corrected chi connectivity index (χ0v) is 20.3. The van der Waals surface area contributed by atoms with E-state index in [9.17, 15) is 0 Å². The minimum Gasteiger partial charge on any atom is -0.399 e. The molecule has 1 aliphatic heterocycles. The van der Waals surface area contributed by atoms with Crippen molar-refractivity contribution in [2.45, 2.75) is 24.4 Å². The lowest BCUT2D eigenvalue weighted by atomic mass is 9.57. The summed E-state index contributed by atoms with van der Waals surface area (Å²) in [5, 5.41) is 18.0. The Morgan fingerprint density at radius 3 is 1.64 bits per heavy atom. The fraction of sp³-hybridized carbons (Fsp3) is 0.200. The molecule has 0 saturated heterocycles. The lowest BCUT2D eigenvalue weighted by Crippen LogP contribution is -2.57. The third-order valence-corrected chi connectivity index (χ3v) is 7.30. The van der Waals surface area contributed by atoms with Crippen molar-refractivity contribution < 1.29 is 0 Å².